The Labute approximate surface area is 241 Å². The van der Waals surface area contributed by atoms with Gasteiger partial charge in [-0.1, -0.05) is 17.7 Å². The fourth-order valence-electron chi connectivity index (χ4n) is 2.83. The van der Waals surface area contributed by atoms with Gasteiger partial charge in [0, 0.05) is 39.6 Å². The van der Waals surface area contributed by atoms with Crippen molar-refractivity contribution >= 4 is 42.6 Å². The number of nitrogens with one attached hydrogen (secondary N) is 5. The Kier molecular flexibility index (Phi) is 21.5. The van der Waals surface area contributed by atoms with Crippen LogP contribution >= 0.6 is 12.8 Å². The predicted molar refractivity (Wildman–Crippen MR) is 147 cm³/mol. The van der Waals surface area contributed by atoms with E-state index in [2.05, 4.69) is 38.9 Å². The van der Waals surface area contributed by atoms with Crippen LogP contribution in [0.4, 0.5) is 4.79 Å². The van der Waals surface area contributed by atoms with E-state index in [0.29, 0.717) is 59.2 Å². The summed E-state index contributed by atoms with van der Waals surface area (Å²) in [6, 6.07) is -1.12. The van der Waals surface area contributed by atoms with E-state index in [1.807, 2.05) is 4.89 Å². The van der Waals surface area contributed by atoms with Crippen LogP contribution in [0, 0.1) is 0 Å². The molecule has 15 nitrogen and oxygen atoms in total. The van der Waals surface area contributed by atoms with Crippen molar-refractivity contribution in [3.8, 4) is 0 Å². The van der Waals surface area contributed by atoms with E-state index in [1.54, 1.807) is 20.8 Å². The lowest BCUT2D eigenvalue weighted by Crippen LogP contribution is -2.49. The molecule has 0 aliphatic rings. The molecule has 0 spiro atoms. The van der Waals surface area contributed by atoms with Crippen LogP contribution in [0.1, 0.15) is 53.4 Å². The van der Waals surface area contributed by atoms with E-state index in [1.165, 1.54) is 6.92 Å². The van der Waals surface area contributed by atoms with Crippen molar-refractivity contribution < 1.29 is 47.8 Å². The van der Waals surface area contributed by atoms with Gasteiger partial charge in [-0.05, 0) is 40.0 Å². The minimum Gasteiger partial charge on any atom is -0.444 e. The number of rotatable bonds is 22. The molecule has 0 aromatic rings. The molecule has 16 heteroatoms. The van der Waals surface area contributed by atoms with Crippen molar-refractivity contribution in [3.05, 3.63) is 0 Å². The van der Waals surface area contributed by atoms with E-state index < -0.39 is 36.2 Å². The lowest BCUT2D eigenvalue weighted by atomic mass is 10.1. The molecule has 0 aromatic heterocycles. The van der Waals surface area contributed by atoms with Crippen molar-refractivity contribution in [2.24, 2.45) is 0 Å². The van der Waals surface area contributed by atoms with Gasteiger partial charge in [-0.25, -0.2) is 9.59 Å². The van der Waals surface area contributed by atoms with Crippen molar-refractivity contribution in [2.45, 2.75) is 65.0 Å². The molecule has 0 aliphatic carbocycles. The number of carbonyl (C=O) groups excluding carboxylic acids is 5. The fourth-order valence-corrected chi connectivity index (χ4v) is 2.94. The van der Waals surface area contributed by atoms with Crippen LogP contribution in [0.5, 0.6) is 0 Å². The van der Waals surface area contributed by atoms with E-state index in [-0.39, 0.29) is 24.7 Å². The molecule has 0 saturated carbocycles. The summed E-state index contributed by atoms with van der Waals surface area (Å²) >= 11 is 3.52. The van der Waals surface area contributed by atoms with Crippen molar-refractivity contribution in [2.75, 3.05) is 59.3 Å². The van der Waals surface area contributed by atoms with E-state index in [4.69, 9.17) is 18.9 Å². The van der Waals surface area contributed by atoms with Crippen molar-refractivity contribution in [1.29, 1.82) is 0 Å². The first-order valence-corrected chi connectivity index (χ1v) is 13.5. The Balaban J connectivity index is 4.08. The number of hydrogen-bond donors (Lipinski definition) is 6. The number of alkyl carbamates (subject to hydrolysis) is 1. The second-order valence-corrected chi connectivity index (χ2v) is 9.58. The van der Waals surface area contributed by atoms with Gasteiger partial charge in [-0.3, -0.25) is 14.4 Å². The van der Waals surface area contributed by atoms with Gasteiger partial charge < -0.3 is 45.1 Å². The second-order valence-electron chi connectivity index (χ2n) is 9.40. The lowest BCUT2D eigenvalue weighted by molar-refractivity contribution is -0.146. The first-order valence-electron chi connectivity index (χ1n) is 13.0. The first kappa shape index (κ1) is 37.3. The molecule has 232 valence electrons. The summed E-state index contributed by atoms with van der Waals surface area (Å²) in [6.07, 6.45) is 0.403. The minimum absolute atomic E-state index is 0.0242. The molecule has 0 unspecified atom stereocenters. The van der Waals surface area contributed by atoms with Gasteiger partial charge in [0.25, 0.3) is 0 Å². The summed E-state index contributed by atoms with van der Waals surface area (Å²) < 4.78 is 21.4. The van der Waals surface area contributed by atoms with Gasteiger partial charge in [-0.2, -0.15) is 0 Å². The molecule has 0 bridgehead atoms. The average molecular weight is 596 g/mol. The van der Waals surface area contributed by atoms with E-state index in [9.17, 15) is 24.0 Å². The maximum absolute atomic E-state index is 12.5. The Hall–Kier alpha value is -2.66. The van der Waals surface area contributed by atoms with Gasteiger partial charge in [0.05, 0.1) is 26.4 Å². The summed E-state index contributed by atoms with van der Waals surface area (Å²) in [5.74, 6) is -1.86. The van der Waals surface area contributed by atoms with Gasteiger partial charge in [0.1, 0.15) is 18.2 Å². The summed E-state index contributed by atoms with van der Waals surface area (Å²) in [5, 5.41) is 10.2. The molecular weight excluding hydrogens is 550 g/mol. The van der Waals surface area contributed by atoms with Gasteiger partial charge in [0.15, 0.2) is 0 Å². The van der Waals surface area contributed by atoms with Gasteiger partial charge in [-0.15, -0.1) is 0 Å². The predicted octanol–water partition coefficient (Wildman–Crippen LogP) is -0.249. The normalized spacial score (nSPS) is 11.7. The van der Waals surface area contributed by atoms with Crippen LogP contribution in [0.3, 0.4) is 0 Å². The molecule has 4 amide bonds. The fraction of sp³-hybridized carbons (Fsp3) is 0.792. The lowest BCUT2D eigenvalue weighted by Gasteiger charge is -2.23. The molecule has 0 rings (SSSR count). The van der Waals surface area contributed by atoms with Crippen LogP contribution in [0.2, 0.25) is 0 Å². The zero-order chi connectivity index (χ0) is 30.2. The number of ether oxygens (including phenoxy) is 4. The highest BCUT2D eigenvalue weighted by Crippen LogP contribution is 2.08. The van der Waals surface area contributed by atoms with E-state index >= 15 is 0 Å². The Morgan fingerprint density at radius 2 is 1.35 bits per heavy atom. The molecule has 1 atom stereocenters. The smallest absolute Gasteiger partial charge is 0.408 e. The molecule has 0 saturated heterocycles. The van der Waals surface area contributed by atoms with Gasteiger partial charge >= 0.3 is 12.1 Å². The van der Waals surface area contributed by atoms with Crippen LogP contribution in [0.25, 0.3) is 0 Å². The molecule has 40 heavy (non-hydrogen) atoms. The molecule has 0 radical (unpaired) electrons. The summed E-state index contributed by atoms with van der Waals surface area (Å²) in [6.45, 7) is 9.66. The number of amides is 4. The third-order valence-electron chi connectivity index (χ3n) is 4.61. The summed E-state index contributed by atoms with van der Waals surface area (Å²) in [5.41, 5.74) is -0.788. The third kappa shape index (κ3) is 24.4. The van der Waals surface area contributed by atoms with Gasteiger partial charge in [0.2, 0.25) is 17.7 Å². The summed E-state index contributed by atoms with van der Waals surface area (Å²) in [7, 11) is 0. The quantitative estimate of drug-likeness (QED) is 0.0550. The maximum atomic E-state index is 12.5. The van der Waals surface area contributed by atoms with Crippen LogP contribution < -0.4 is 26.2 Å². The molecular formula is C24H45N5O10S. The number of thiol groups is 1. The zero-order valence-electron chi connectivity index (χ0n) is 23.8. The second kappa shape index (κ2) is 23.1. The monoisotopic (exact) mass is 595 g/mol. The molecule has 0 heterocycles. The third-order valence-corrected chi connectivity index (χ3v) is 4.70. The average Bonchev–Trinajstić information content (AvgIpc) is 2.86. The van der Waals surface area contributed by atoms with E-state index in [0.717, 1.165) is 6.42 Å². The van der Waals surface area contributed by atoms with Crippen LogP contribution in [-0.4, -0.2) is 101 Å². The molecule has 5 N–H and O–H groups in total. The Morgan fingerprint density at radius 3 is 1.88 bits per heavy atom. The molecule has 0 fully saturated rings. The highest BCUT2D eigenvalue weighted by Gasteiger charge is 2.25. The molecule has 0 aromatic carbocycles. The molecule has 0 aliphatic heterocycles. The number of carbonyl (C=O) groups is 5. The minimum atomic E-state index is -1.12. The zero-order valence-corrected chi connectivity index (χ0v) is 24.7. The van der Waals surface area contributed by atoms with Crippen molar-refractivity contribution in [3.63, 3.8) is 0 Å². The van der Waals surface area contributed by atoms with Crippen LogP contribution in [-0.2, 0) is 43.0 Å². The first-order chi connectivity index (χ1) is 18.9. The number of hydrogen-bond acceptors (Lipinski definition) is 12. The largest absolute Gasteiger partial charge is 0.444 e. The highest BCUT2D eigenvalue weighted by molar-refractivity contribution is 7.77. The summed E-state index contributed by atoms with van der Waals surface area (Å²) in [4.78, 5) is 65.3. The Bertz CT molecular complexity index is 767. The standard InChI is InChI=1S/C24H45N5O10S/c1-18(30)25-9-5-11-35-13-15-37-16-14-36-12-6-10-26-20(31)8-7-19(28-23(34)38-24(2,3)4)22(33)27-17-21(32)39-29-40/h19,29,40H,5-17H2,1-4H3,(H,25,30)(H,26,31)(H,27,33)(H,28,34)/t19-/m0/s1. The Morgan fingerprint density at radius 1 is 0.800 bits per heavy atom. The highest BCUT2D eigenvalue weighted by atomic mass is 32.1. The SMILES string of the molecule is CC(=O)NCCCOCCOCCOCCCNC(=O)CC[C@H](NC(=O)OC(C)(C)C)C(=O)NCC(=O)ONS. The maximum Gasteiger partial charge on any atom is 0.408 e. The van der Waals surface area contributed by atoms with Crippen LogP contribution in [0.15, 0.2) is 0 Å². The van der Waals surface area contributed by atoms with Crippen molar-refractivity contribution in [1.82, 2.24) is 26.2 Å². The topological polar surface area (TPSA) is 192 Å².